The molecule has 5 heteroatoms. The van der Waals surface area contributed by atoms with E-state index in [0.717, 1.165) is 29.3 Å². The Labute approximate surface area is 123 Å². The van der Waals surface area contributed by atoms with Crippen molar-refractivity contribution in [1.29, 1.82) is 0 Å². The first-order valence-corrected chi connectivity index (χ1v) is 7.27. The fraction of sp³-hybridized carbons (Fsp3) is 0.375. The molecule has 2 amide bonds. The van der Waals surface area contributed by atoms with Gasteiger partial charge in [-0.2, -0.15) is 0 Å². The van der Waals surface area contributed by atoms with E-state index in [9.17, 15) is 9.59 Å². The number of aromatic amines is 1. The Morgan fingerprint density at radius 1 is 1.24 bits per heavy atom. The number of carbonyl (C=O) groups is 2. The van der Waals surface area contributed by atoms with Crippen LogP contribution in [0.4, 0.5) is 0 Å². The zero-order valence-corrected chi connectivity index (χ0v) is 12.1. The number of aromatic nitrogens is 1. The van der Waals surface area contributed by atoms with Gasteiger partial charge in [0.2, 0.25) is 5.91 Å². The number of piperidine rings is 1. The molecule has 0 saturated carbocycles. The minimum absolute atomic E-state index is 0.00377. The molecule has 0 atom stereocenters. The van der Waals surface area contributed by atoms with Crippen LogP contribution >= 0.6 is 0 Å². The molecule has 1 saturated heterocycles. The van der Waals surface area contributed by atoms with Crippen molar-refractivity contribution in [2.45, 2.75) is 25.8 Å². The molecule has 21 heavy (non-hydrogen) atoms. The van der Waals surface area contributed by atoms with Crippen LogP contribution in [0.15, 0.2) is 30.5 Å². The van der Waals surface area contributed by atoms with Crippen LogP contribution in [-0.2, 0) is 4.79 Å². The number of likely N-dealkylation sites (tertiary alicyclic amines) is 1. The summed E-state index contributed by atoms with van der Waals surface area (Å²) in [6, 6.07) is 7.92. The molecule has 0 radical (unpaired) electrons. The molecule has 1 fully saturated rings. The fourth-order valence-electron chi connectivity index (χ4n) is 2.95. The molecule has 2 aromatic rings. The van der Waals surface area contributed by atoms with Gasteiger partial charge < -0.3 is 15.2 Å². The van der Waals surface area contributed by atoms with E-state index in [1.54, 1.807) is 0 Å². The van der Waals surface area contributed by atoms with Gasteiger partial charge in [-0.05, 0) is 25.0 Å². The number of hydrogen-bond donors (Lipinski definition) is 2. The Balaban J connectivity index is 1.72. The maximum absolute atomic E-state index is 12.7. The number of rotatable bonds is 2. The smallest absolute Gasteiger partial charge is 0.255 e. The van der Waals surface area contributed by atoms with Crippen LogP contribution in [0.3, 0.4) is 0 Å². The average molecular weight is 285 g/mol. The lowest BCUT2D eigenvalue weighted by molar-refractivity contribution is -0.119. The third kappa shape index (κ3) is 2.77. The Morgan fingerprint density at radius 3 is 2.71 bits per heavy atom. The summed E-state index contributed by atoms with van der Waals surface area (Å²) in [5.41, 5.74) is 1.61. The summed E-state index contributed by atoms with van der Waals surface area (Å²) in [6.07, 6.45) is 3.47. The van der Waals surface area contributed by atoms with Gasteiger partial charge in [0.25, 0.3) is 5.91 Å². The van der Waals surface area contributed by atoms with Crippen molar-refractivity contribution in [2.75, 3.05) is 13.1 Å². The second-order valence-electron chi connectivity index (χ2n) is 5.51. The molecule has 1 aromatic heterocycles. The largest absolute Gasteiger partial charge is 0.361 e. The van der Waals surface area contributed by atoms with Crippen LogP contribution < -0.4 is 5.32 Å². The molecule has 2 N–H and O–H groups in total. The highest BCUT2D eigenvalue weighted by molar-refractivity contribution is 6.05. The third-order valence-corrected chi connectivity index (χ3v) is 4.01. The van der Waals surface area contributed by atoms with Gasteiger partial charge >= 0.3 is 0 Å². The SMILES string of the molecule is CC(=O)NC1CCN(C(=O)c2cccc3cc[nH]c23)CC1. The minimum Gasteiger partial charge on any atom is -0.361 e. The molecule has 0 bridgehead atoms. The maximum atomic E-state index is 12.7. The molecular formula is C16H19N3O2. The number of H-pyrrole nitrogens is 1. The van der Waals surface area contributed by atoms with Gasteiger partial charge in [0, 0.05) is 37.6 Å². The zero-order chi connectivity index (χ0) is 14.8. The number of fused-ring (bicyclic) bond motifs is 1. The van der Waals surface area contributed by atoms with Gasteiger partial charge in [0.05, 0.1) is 11.1 Å². The second-order valence-corrected chi connectivity index (χ2v) is 5.51. The minimum atomic E-state index is -0.00377. The number of nitrogens with one attached hydrogen (secondary N) is 2. The number of amides is 2. The molecule has 3 rings (SSSR count). The summed E-state index contributed by atoms with van der Waals surface area (Å²) in [6.45, 7) is 2.89. The molecule has 1 aliphatic heterocycles. The second kappa shape index (κ2) is 5.60. The van der Waals surface area contributed by atoms with E-state index in [2.05, 4.69) is 10.3 Å². The van der Waals surface area contributed by atoms with Crippen molar-refractivity contribution in [3.8, 4) is 0 Å². The zero-order valence-electron chi connectivity index (χ0n) is 12.1. The lowest BCUT2D eigenvalue weighted by atomic mass is 10.0. The molecule has 2 heterocycles. The standard InChI is InChI=1S/C16H19N3O2/c1-11(20)18-13-6-9-19(10-7-13)16(21)14-4-2-3-12-5-8-17-15(12)14/h2-5,8,13,17H,6-7,9-10H2,1H3,(H,18,20). The number of hydrogen-bond acceptors (Lipinski definition) is 2. The molecule has 5 nitrogen and oxygen atoms in total. The average Bonchev–Trinajstić information content (AvgIpc) is 2.95. The van der Waals surface area contributed by atoms with Crippen LogP contribution in [0.5, 0.6) is 0 Å². The van der Waals surface area contributed by atoms with Crippen molar-refractivity contribution in [1.82, 2.24) is 15.2 Å². The van der Waals surface area contributed by atoms with Crippen molar-refractivity contribution in [3.63, 3.8) is 0 Å². The number of benzene rings is 1. The molecule has 110 valence electrons. The number of nitrogens with zero attached hydrogens (tertiary/aromatic N) is 1. The van der Waals surface area contributed by atoms with Crippen LogP contribution in [0, 0.1) is 0 Å². The molecule has 0 spiro atoms. The van der Waals surface area contributed by atoms with E-state index >= 15 is 0 Å². The summed E-state index contributed by atoms with van der Waals surface area (Å²) in [7, 11) is 0. The highest BCUT2D eigenvalue weighted by Crippen LogP contribution is 2.20. The highest BCUT2D eigenvalue weighted by atomic mass is 16.2. The predicted molar refractivity (Wildman–Crippen MR) is 81.0 cm³/mol. The highest BCUT2D eigenvalue weighted by Gasteiger charge is 2.25. The predicted octanol–water partition coefficient (Wildman–Crippen LogP) is 1.91. The van der Waals surface area contributed by atoms with Crippen molar-refractivity contribution in [2.24, 2.45) is 0 Å². The van der Waals surface area contributed by atoms with Gasteiger partial charge in [-0.15, -0.1) is 0 Å². The van der Waals surface area contributed by atoms with Gasteiger partial charge in [0.15, 0.2) is 0 Å². The van der Waals surface area contributed by atoms with E-state index in [4.69, 9.17) is 0 Å². The Morgan fingerprint density at radius 2 is 2.00 bits per heavy atom. The summed E-state index contributed by atoms with van der Waals surface area (Å²) in [5, 5.41) is 3.97. The molecule has 1 aliphatic rings. The third-order valence-electron chi connectivity index (χ3n) is 4.01. The Hall–Kier alpha value is -2.30. The first kappa shape index (κ1) is 13.7. The Bertz CT molecular complexity index is 669. The van der Waals surface area contributed by atoms with Crippen molar-refractivity contribution >= 4 is 22.7 Å². The summed E-state index contributed by atoms with van der Waals surface area (Å²) in [4.78, 5) is 28.7. The lowest BCUT2D eigenvalue weighted by Gasteiger charge is -2.32. The molecule has 1 aromatic carbocycles. The van der Waals surface area contributed by atoms with E-state index in [1.807, 2.05) is 35.4 Å². The topological polar surface area (TPSA) is 65.2 Å². The van der Waals surface area contributed by atoms with Crippen LogP contribution in [-0.4, -0.2) is 40.8 Å². The maximum Gasteiger partial charge on any atom is 0.255 e. The van der Waals surface area contributed by atoms with Gasteiger partial charge in [-0.25, -0.2) is 0 Å². The van der Waals surface area contributed by atoms with E-state index in [1.165, 1.54) is 6.92 Å². The van der Waals surface area contributed by atoms with Crippen molar-refractivity contribution in [3.05, 3.63) is 36.0 Å². The van der Waals surface area contributed by atoms with Gasteiger partial charge in [-0.1, -0.05) is 12.1 Å². The summed E-state index contributed by atoms with van der Waals surface area (Å²) >= 11 is 0. The van der Waals surface area contributed by atoms with E-state index in [0.29, 0.717) is 13.1 Å². The summed E-state index contributed by atoms with van der Waals surface area (Å²) in [5.74, 6) is 0.0558. The normalized spacial score (nSPS) is 16.1. The molecular weight excluding hydrogens is 266 g/mol. The Kier molecular flexibility index (Phi) is 3.64. The first-order valence-electron chi connectivity index (χ1n) is 7.27. The molecule has 0 aliphatic carbocycles. The van der Waals surface area contributed by atoms with E-state index in [-0.39, 0.29) is 17.9 Å². The van der Waals surface area contributed by atoms with Crippen LogP contribution in [0.25, 0.3) is 10.9 Å². The lowest BCUT2D eigenvalue weighted by Crippen LogP contribution is -2.46. The monoisotopic (exact) mass is 285 g/mol. The summed E-state index contributed by atoms with van der Waals surface area (Å²) < 4.78 is 0. The quantitative estimate of drug-likeness (QED) is 0.885. The first-order chi connectivity index (χ1) is 10.1. The number of carbonyl (C=O) groups excluding carboxylic acids is 2. The van der Waals surface area contributed by atoms with E-state index < -0.39 is 0 Å². The molecule has 0 unspecified atom stereocenters. The van der Waals surface area contributed by atoms with Gasteiger partial charge in [0.1, 0.15) is 0 Å². The van der Waals surface area contributed by atoms with Crippen LogP contribution in [0.1, 0.15) is 30.1 Å². The van der Waals surface area contributed by atoms with Crippen molar-refractivity contribution < 1.29 is 9.59 Å². The van der Waals surface area contributed by atoms with Gasteiger partial charge in [-0.3, -0.25) is 9.59 Å². The van der Waals surface area contributed by atoms with Crippen LogP contribution in [0.2, 0.25) is 0 Å². The fourth-order valence-corrected chi connectivity index (χ4v) is 2.95. The number of para-hydroxylation sites is 1.